The predicted octanol–water partition coefficient (Wildman–Crippen LogP) is 4.93. The first-order valence-corrected chi connectivity index (χ1v) is 8.75. The highest BCUT2D eigenvalue weighted by atomic mass is 79.9. The highest BCUT2D eigenvalue weighted by Gasteiger charge is 2.11. The van der Waals surface area contributed by atoms with Gasteiger partial charge >= 0.3 is 0 Å². The van der Waals surface area contributed by atoms with E-state index in [0.717, 1.165) is 15.6 Å². The van der Waals surface area contributed by atoms with Crippen LogP contribution in [0.15, 0.2) is 81.2 Å². The lowest BCUT2D eigenvalue weighted by molar-refractivity contribution is -0.117. The fourth-order valence-corrected chi connectivity index (χ4v) is 2.88. The van der Waals surface area contributed by atoms with Gasteiger partial charge in [-0.3, -0.25) is 4.79 Å². The molecule has 0 aliphatic carbocycles. The van der Waals surface area contributed by atoms with E-state index in [4.69, 9.17) is 4.42 Å². The summed E-state index contributed by atoms with van der Waals surface area (Å²) in [6.45, 7) is 0.360. The summed E-state index contributed by atoms with van der Waals surface area (Å²) in [5.41, 5.74) is 1.86. The van der Waals surface area contributed by atoms with Gasteiger partial charge in [-0.05, 0) is 23.8 Å². The second kappa shape index (κ2) is 8.32. The van der Waals surface area contributed by atoms with Crippen molar-refractivity contribution in [1.29, 1.82) is 5.26 Å². The molecular formula is C21H15BrN2O2. The number of nitrogens with zero attached hydrogens (tertiary/aromatic N) is 1. The molecule has 0 saturated carbocycles. The van der Waals surface area contributed by atoms with Crippen molar-refractivity contribution in [1.82, 2.24) is 5.32 Å². The molecule has 0 unspecified atom stereocenters. The molecule has 1 amide bonds. The molecule has 2 aromatic carbocycles. The maximum Gasteiger partial charge on any atom is 0.262 e. The summed E-state index contributed by atoms with van der Waals surface area (Å²) in [6, 6.07) is 22.7. The zero-order valence-corrected chi connectivity index (χ0v) is 15.4. The number of carbonyl (C=O) groups is 1. The number of nitriles is 1. The highest BCUT2D eigenvalue weighted by Crippen LogP contribution is 2.29. The van der Waals surface area contributed by atoms with Crippen molar-refractivity contribution in [2.24, 2.45) is 0 Å². The van der Waals surface area contributed by atoms with Gasteiger partial charge in [0.1, 0.15) is 23.2 Å². The van der Waals surface area contributed by atoms with Crippen LogP contribution in [0.1, 0.15) is 11.3 Å². The van der Waals surface area contributed by atoms with Gasteiger partial charge in [-0.2, -0.15) is 5.26 Å². The van der Waals surface area contributed by atoms with Crippen LogP contribution >= 0.6 is 15.9 Å². The van der Waals surface area contributed by atoms with E-state index in [-0.39, 0.29) is 5.57 Å². The number of halogens is 1. The molecule has 0 saturated heterocycles. The third-order valence-electron chi connectivity index (χ3n) is 3.71. The minimum atomic E-state index is -0.435. The molecule has 3 aromatic rings. The van der Waals surface area contributed by atoms with Crippen LogP contribution in [0.3, 0.4) is 0 Å². The van der Waals surface area contributed by atoms with Gasteiger partial charge in [-0.15, -0.1) is 0 Å². The maximum atomic E-state index is 12.2. The molecule has 0 atom stereocenters. The molecule has 3 rings (SSSR count). The van der Waals surface area contributed by atoms with Crippen molar-refractivity contribution < 1.29 is 9.21 Å². The molecular weight excluding hydrogens is 392 g/mol. The summed E-state index contributed by atoms with van der Waals surface area (Å²) in [7, 11) is 0. The lowest BCUT2D eigenvalue weighted by Crippen LogP contribution is -2.23. The largest absolute Gasteiger partial charge is 0.457 e. The Morgan fingerprint density at radius 3 is 2.54 bits per heavy atom. The van der Waals surface area contributed by atoms with Gasteiger partial charge in [0.05, 0.1) is 0 Å². The molecule has 1 aromatic heterocycles. The van der Waals surface area contributed by atoms with Crippen LogP contribution in [-0.2, 0) is 11.3 Å². The Labute approximate surface area is 159 Å². The van der Waals surface area contributed by atoms with Gasteiger partial charge in [0.25, 0.3) is 5.91 Å². The highest BCUT2D eigenvalue weighted by molar-refractivity contribution is 9.10. The molecule has 0 aliphatic rings. The molecule has 0 bridgehead atoms. The summed E-state index contributed by atoms with van der Waals surface area (Å²) in [5.74, 6) is 0.670. The number of amides is 1. The van der Waals surface area contributed by atoms with Crippen molar-refractivity contribution >= 4 is 27.9 Å². The normalized spacial score (nSPS) is 11.0. The summed E-state index contributed by atoms with van der Waals surface area (Å²) in [6.07, 6.45) is 1.45. The zero-order chi connectivity index (χ0) is 18.4. The van der Waals surface area contributed by atoms with Crippen molar-refractivity contribution in [2.45, 2.75) is 6.54 Å². The molecule has 26 heavy (non-hydrogen) atoms. The number of benzene rings is 2. The Bertz CT molecular complexity index is 985. The standard InChI is InChI=1S/C21H15BrN2O2/c22-19-9-5-4-8-18(19)20-11-10-17(26-20)12-16(13-23)21(25)24-14-15-6-2-1-3-7-15/h1-12H,14H2,(H,24,25)/b16-12+. The quantitative estimate of drug-likeness (QED) is 0.482. The summed E-state index contributed by atoms with van der Waals surface area (Å²) in [5, 5.41) is 12.0. The average molecular weight is 407 g/mol. The molecule has 0 fully saturated rings. The third kappa shape index (κ3) is 4.29. The van der Waals surface area contributed by atoms with Gasteiger partial charge < -0.3 is 9.73 Å². The van der Waals surface area contributed by atoms with Gasteiger partial charge in [0.15, 0.2) is 0 Å². The zero-order valence-electron chi connectivity index (χ0n) is 13.8. The molecule has 0 spiro atoms. The van der Waals surface area contributed by atoms with E-state index >= 15 is 0 Å². The summed E-state index contributed by atoms with van der Waals surface area (Å²) in [4.78, 5) is 12.2. The minimum Gasteiger partial charge on any atom is -0.457 e. The Balaban J connectivity index is 1.74. The van der Waals surface area contributed by atoms with E-state index < -0.39 is 5.91 Å². The van der Waals surface area contributed by atoms with Gasteiger partial charge in [-0.1, -0.05) is 64.5 Å². The number of rotatable bonds is 5. The van der Waals surface area contributed by atoms with Crippen LogP contribution in [0.4, 0.5) is 0 Å². The molecule has 1 N–H and O–H groups in total. The fourth-order valence-electron chi connectivity index (χ4n) is 2.40. The second-order valence-corrected chi connectivity index (χ2v) is 6.37. The predicted molar refractivity (Wildman–Crippen MR) is 104 cm³/mol. The molecule has 128 valence electrons. The number of hydrogen-bond acceptors (Lipinski definition) is 3. The average Bonchev–Trinajstić information content (AvgIpc) is 3.13. The lowest BCUT2D eigenvalue weighted by atomic mass is 10.2. The minimum absolute atomic E-state index is 0.00559. The van der Waals surface area contributed by atoms with E-state index in [9.17, 15) is 10.1 Å². The summed E-state index contributed by atoms with van der Waals surface area (Å²) < 4.78 is 6.67. The Kier molecular flexibility index (Phi) is 5.67. The molecule has 5 heteroatoms. The summed E-state index contributed by atoms with van der Waals surface area (Å²) >= 11 is 3.48. The first-order valence-electron chi connectivity index (χ1n) is 7.96. The SMILES string of the molecule is N#C/C(=C\c1ccc(-c2ccccc2Br)o1)C(=O)NCc1ccccc1. The van der Waals surface area contributed by atoms with E-state index in [0.29, 0.717) is 18.1 Å². The van der Waals surface area contributed by atoms with Gasteiger partial charge in [0, 0.05) is 22.7 Å². The van der Waals surface area contributed by atoms with Crippen LogP contribution in [0.2, 0.25) is 0 Å². The van der Waals surface area contributed by atoms with Crippen LogP contribution in [0.25, 0.3) is 17.4 Å². The van der Waals surface area contributed by atoms with E-state index in [1.807, 2.05) is 66.7 Å². The van der Waals surface area contributed by atoms with Gasteiger partial charge in [0.2, 0.25) is 0 Å². The van der Waals surface area contributed by atoms with Crippen LogP contribution in [0, 0.1) is 11.3 Å². The fraction of sp³-hybridized carbons (Fsp3) is 0.0476. The first-order chi connectivity index (χ1) is 12.7. The lowest BCUT2D eigenvalue weighted by Gasteiger charge is -2.04. The van der Waals surface area contributed by atoms with E-state index in [1.54, 1.807) is 6.07 Å². The van der Waals surface area contributed by atoms with E-state index in [2.05, 4.69) is 21.2 Å². The van der Waals surface area contributed by atoms with Gasteiger partial charge in [-0.25, -0.2) is 0 Å². The topological polar surface area (TPSA) is 66.0 Å². The number of carbonyl (C=O) groups excluding carboxylic acids is 1. The maximum absolute atomic E-state index is 12.2. The Hall–Kier alpha value is -3.10. The smallest absolute Gasteiger partial charge is 0.262 e. The number of furan rings is 1. The monoisotopic (exact) mass is 406 g/mol. The van der Waals surface area contributed by atoms with Crippen molar-refractivity contribution in [2.75, 3.05) is 0 Å². The Morgan fingerprint density at radius 1 is 1.08 bits per heavy atom. The van der Waals surface area contributed by atoms with Crippen LogP contribution < -0.4 is 5.32 Å². The molecule has 0 radical (unpaired) electrons. The molecule has 1 heterocycles. The second-order valence-electron chi connectivity index (χ2n) is 5.52. The third-order valence-corrected chi connectivity index (χ3v) is 4.41. The van der Waals surface area contributed by atoms with Crippen molar-refractivity contribution in [3.8, 4) is 17.4 Å². The number of hydrogen-bond donors (Lipinski definition) is 1. The first kappa shape index (κ1) is 17.7. The van der Waals surface area contributed by atoms with Crippen molar-refractivity contribution in [3.63, 3.8) is 0 Å². The van der Waals surface area contributed by atoms with Crippen LogP contribution in [-0.4, -0.2) is 5.91 Å². The van der Waals surface area contributed by atoms with Crippen LogP contribution in [0.5, 0.6) is 0 Å². The number of nitrogens with one attached hydrogen (secondary N) is 1. The van der Waals surface area contributed by atoms with E-state index in [1.165, 1.54) is 6.08 Å². The Morgan fingerprint density at radius 2 is 1.81 bits per heavy atom. The van der Waals surface area contributed by atoms with Crippen molar-refractivity contribution in [3.05, 3.63) is 88.1 Å². The molecule has 4 nitrogen and oxygen atoms in total. The molecule has 0 aliphatic heterocycles.